The number of nitrogens with zero attached hydrogens (tertiary/aromatic N) is 1. The second-order valence-corrected chi connectivity index (χ2v) is 5.19. The topological polar surface area (TPSA) is 60.0 Å². The number of esters is 1. The zero-order valence-electron chi connectivity index (χ0n) is 12.1. The van der Waals surface area contributed by atoms with Gasteiger partial charge in [-0.25, -0.2) is 0 Å². The van der Waals surface area contributed by atoms with E-state index in [1.807, 2.05) is 12.1 Å². The maximum absolute atomic E-state index is 10.9. The predicted octanol–water partition coefficient (Wildman–Crippen LogP) is 0.799. The summed E-state index contributed by atoms with van der Waals surface area (Å²) in [6.07, 6.45) is -0.250. The normalized spacial score (nSPS) is 21.0. The second-order valence-electron chi connectivity index (χ2n) is 5.19. The van der Waals surface area contributed by atoms with Crippen molar-refractivity contribution in [2.24, 2.45) is 0 Å². The van der Waals surface area contributed by atoms with E-state index in [9.17, 15) is 4.79 Å². The van der Waals surface area contributed by atoms with Crippen LogP contribution in [-0.4, -0.2) is 51.5 Å². The second kappa shape index (κ2) is 6.22. The lowest BCUT2D eigenvalue weighted by molar-refractivity contribution is -0.144. The Morgan fingerprint density at radius 3 is 3.00 bits per heavy atom. The van der Waals surface area contributed by atoms with E-state index in [-0.39, 0.29) is 18.7 Å². The Morgan fingerprint density at radius 1 is 1.43 bits per heavy atom. The van der Waals surface area contributed by atoms with Gasteiger partial charge in [-0.05, 0) is 12.1 Å². The van der Waals surface area contributed by atoms with Crippen LogP contribution in [0.15, 0.2) is 18.2 Å². The smallest absolute Gasteiger partial charge is 0.302 e. The van der Waals surface area contributed by atoms with Gasteiger partial charge in [-0.2, -0.15) is 0 Å². The number of nitrogens with one attached hydrogen (secondary N) is 1. The predicted molar refractivity (Wildman–Crippen MR) is 78.1 cm³/mol. The van der Waals surface area contributed by atoms with E-state index in [4.69, 9.17) is 14.2 Å². The molecule has 2 aliphatic rings. The molecule has 0 spiro atoms. The Kier molecular flexibility index (Phi) is 4.15. The Labute approximate surface area is 124 Å². The summed E-state index contributed by atoms with van der Waals surface area (Å²) in [4.78, 5) is 13.2. The van der Waals surface area contributed by atoms with Crippen molar-refractivity contribution >= 4 is 11.7 Å². The number of anilines is 1. The van der Waals surface area contributed by atoms with Crippen LogP contribution in [0.2, 0.25) is 0 Å². The maximum atomic E-state index is 10.9. The van der Waals surface area contributed by atoms with Gasteiger partial charge in [0.1, 0.15) is 13.2 Å². The first-order chi connectivity index (χ1) is 10.2. The Balaban J connectivity index is 1.73. The number of ether oxygens (including phenoxy) is 3. The third-order valence-electron chi connectivity index (χ3n) is 3.60. The number of hydrogen-bond acceptors (Lipinski definition) is 6. The molecule has 0 aromatic heterocycles. The zero-order valence-corrected chi connectivity index (χ0v) is 12.1. The molecule has 0 saturated carbocycles. The molecule has 6 nitrogen and oxygen atoms in total. The number of carbonyl (C=O) groups excluding carboxylic acids is 1. The largest absolute Gasteiger partial charge is 0.484 e. The molecule has 0 bridgehead atoms. The van der Waals surface area contributed by atoms with Crippen molar-refractivity contribution in [1.29, 1.82) is 0 Å². The highest BCUT2D eigenvalue weighted by Crippen LogP contribution is 2.40. The van der Waals surface area contributed by atoms with E-state index >= 15 is 0 Å². The van der Waals surface area contributed by atoms with Crippen LogP contribution in [0.1, 0.15) is 6.92 Å². The third-order valence-corrected chi connectivity index (χ3v) is 3.60. The number of rotatable bonds is 3. The van der Waals surface area contributed by atoms with E-state index in [1.54, 1.807) is 0 Å². The number of hydrogen-bond donors (Lipinski definition) is 1. The first-order valence-electron chi connectivity index (χ1n) is 7.25. The fraction of sp³-hybridized carbons (Fsp3) is 0.533. The molecule has 0 radical (unpaired) electrons. The highest BCUT2D eigenvalue weighted by atomic mass is 16.6. The van der Waals surface area contributed by atoms with Crippen LogP contribution >= 0.6 is 0 Å². The molecule has 0 aliphatic carbocycles. The van der Waals surface area contributed by atoms with Gasteiger partial charge in [0.2, 0.25) is 0 Å². The molecule has 0 amide bonds. The molecular formula is C15H20N2O4. The van der Waals surface area contributed by atoms with Crippen LogP contribution in [0.5, 0.6) is 11.5 Å². The van der Waals surface area contributed by atoms with Crippen molar-refractivity contribution in [2.75, 3.05) is 44.3 Å². The molecular weight excluding hydrogens is 272 g/mol. The number of fused-ring (bicyclic) bond motifs is 1. The van der Waals surface area contributed by atoms with Crippen LogP contribution in [-0.2, 0) is 9.53 Å². The molecule has 1 aromatic carbocycles. The molecule has 1 atom stereocenters. The van der Waals surface area contributed by atoms with Crippen LogP contribution in [0.25, 0.3) is 0 Å². The molecule has 2 aliphatic heterocycles. The van der Waals surface area contributed by atoms with Gasteiger partial charge < -0.3 is 24.4 Å². The molecule has 6 heteroatoms. The molecule has 2 heterocycles. The number of carbonyl (C=O) groups is 1. The van der Waals surface area contributed by atoms with Gasteiger partial charge in [0.25, 0.3) is 0 Å². The highest BCUT2D eigenvalue weighted by molar-refractivity contribution is 5.66. The quantitative estimate of drug-likeness (QED) is 0.832. The molecule has 3 rings (SSSR count). The summed E-state index contributed by atoms with van der Waals surface area (Å²) in [6, 6.07) is 5.91. The third kappa shape index (κ3) is 3.21. The van der Waals surface area contributed by atoms with Crippen molar-refractivity contribution < 1.29 is 19.0 Å². The van der Waals surface area contributed by atoms with Gasteiger partial charge in [-0.3, -0.25) is 4.79 Å². The summed E-state index contributed by atoms with van der Waals surface area (Å²) >= 11 is 0. The van der Waals surface area contributed by atoms with Gasteiger partial charge in [0.05, 0.1) is 5.69 Å². The summed E-state index contributed by atoms with van der Waals surface area (Å²) in [6.45, 7) is 5.85. The van der Waals surface area contributed by atoms with Crippen molar-refractivity contribution in [2.45, 2.75) is 13.0 Å². The summed E-state index contributed by atoms with van der Waals surface area (Å²) in [5.41, 5.74) is 1.07. The van der Waals surface area contributed by atoms with Gasteiger partial charge >= 0.3 is 5.97 Å². The standard InChI is InChI=1S/C15H20N2O4/c1-11(18)19-9-12-10-20-15-13(3-2-4-14(15)21-12)17-7-5-16-6-8-17/h2-4,12,16H,5-10H2,1H3. The summed E-state index contributed by atoms with van der Waals surface area (Å²) in [7, 11) is 0. The molecule has 1 fully saturated rings. The minimum absolute atomic E-state index is 0.215. The molecule has 1 unspecified atom stereocenters. The van der Waals surface area contributed by atoms with Crippen LogP contribution in [0.3, 0.4) is 0 Å². The lowest BCUT2D eigenvalue weighted by atomic mass is 10.2. The summed E-state index contributed by atoms with van der Waals surface area (Å²) < 4.78 is 16.7. The zero-order chi connectivity index (χ0) is 14.7. The van der Waals surface area contributed by atoms with Gasteiger partial charge in [-0.15, -0.1) is 0 Å². The minimum atomic E-state index is -0.307. The fourth-order valence-corrected chi connectivity index (χ4v) is 2.58. The lowest BCUT2D eigenvalue weighted by Gasteiger charge is -2.34. The average molecular weight is 292 g/mol. The van der Waals surface area contributed by atoms with E-state index in [1.165, 1.54) is 6.92 Å². The first kappa shape index (κ1) is 14.0. The molecule has 114 valence electrons. The monoisotopic (exact) mass is 292 g/mol. The Bertz CT molecular complexity index is 514. The van der Waals surface area contributed by atoms with Gasteiger partial charge in [0.15, 0.2) is 17.6 Å². The van der Waals surface area contributed by atoms with E-state index in [0.717, 1.165) is 43.4 Å². The molecule has 21 heavy (non-hydrogen) atoms. The SMILES string of the molecule is CC(=O)OCC1COc2c(cccc2N2CCNCC2)O1. The maximum Gasteiger partial charge on any atom is 0.302 e. The molecule has 1 N–H and O–H groups in total. The summed E-state index contributed by atoms with van der Waals surface area (Å²) in [5, 5.41) is 3.34. The van der Waals surface area contributed by atoms with Crippen LogP contribution in [0.4, 0.5) is 5.69 Å². The number of piperazine rings is 1. The average Bonchev–Trinajstić information content (AvgIpc) is 2.53. The van der Waals surface area contributed by atoms with Crippen molar-refractivity contribution in [1.82, 2.24) is 5.32 Å². The van der Waals surface area contributed by atoms with Crippen LogP contribution < -0.4 is 19.7 Å². The van der Waals surface area contributed by atoms with Gasteiger partial charge in [0, 0.05) is 33.1 Å². The van der Waals surface area contributed by atoms with Crippen LogP contribution in [0, 0.1) is 0 Å². The van der Waals surface area contributed by atoms with E-state index in [2.05, 4.69) is 16.3 Å². The van der Waals surface area contributed by atoms with Gasteiger partial charge in [-0.1, -0.05) is 6.07 Å². The van der Waals surface area contributed by atoms with Crippen molar-refractivity contribution in [3.05, 3.63) is 18.2 Å². The van der Waals surface area contributed by atoms with Crippen molar-refractivity contribution in [3.63, 3.8) is 0 Å². The summed E-state index contributed by atoms with van der Waals surface area (Å²) in [5.74, 6) is 1.20. The van der Waals surface area contributed by atoms with E-state index < -0.39 is 0 Å². The fourth-order valence-electron chi connectivity index (χ4n) is 2.58. The highest BCUT2D eigenvalue weighted by Gasteiger charge is 2.26. The number of benzene rings is 1. The number of para-hydroxylation sites is 1. The van der Waals surface area contributed by atoms with Crippen molar-refractivity contribution in [3.8, 4) is 11.5 Å². The molecule has 1 saturated heterocycles. The minimum Gasteiger partial charge on any atom is -0.484 e. The first-order valence-corrected chi connectivity index (χ1v) is 7.25. The lowest BCUT2D eigenvalue weighted by Crippen LogP contribution is -2.44. The molecule has 1 aromatic rings. The van der Waals surface area contributed by atoms with E-state index in [0.29, 0.717) is 6.61 Å². The Morgan fingerprint density at radius 2 is 2.24 bits per heavy atom. The Hall–Kier alpha value is -1.95.